The smallest absolute Gasteiger partial charge is 0.224 e. The van der Waals surface area contributed by atoms with Crippen LogP contribution in [0.4, 0.5) is 0 Å². The Bertz CT molecular complexity index is 646. The Labute approximate surface area is 170 Å². The molecule has 1 aromatic heterocycles. The first-order valence-corrected chi connectivity index (χ1v) is 8.87. The van der Waals surface area contributed by atoms with E-state index < -0.39 is 0 Å². The van der Waals surface area contributed by atoms with Gasteiger partial charge in [-0.25, -0.2) is 0 Å². The quantitative estimate of drug-likeness (QED) is 0.370. The Kier molecular flexibility index (Phi) is 10.2. The van der Waals surface area contributed by atoms with Gasteiger partial charge in [-0.1, -0.05) is 30.3 Å². The van der Waals surface area contributed by atoms with Gasteiger partial charge in [0.25, 0.3) is 0 Å². The highest BCUT2D eigenvalue weighted by molar-refractivity contribution is 14.0. The van der Waals surface area contributed by atoms with Crippen molar-refractivity contribution in [1.29, 1.82) is 0 Å². The summed E-state index contributed by atoms with van der Waals surface area (Å²) in [5.74, 6) is 0.819. The number of amides is 1. The molecule has 2 rings (SSSR count). The summed E-state index contributed by atoms with van der Waals surface area (Å²) in [4.78, 5) is 18.1. The fourth-order valence-corrected chi connectivity index (χ4v) is 2.89. The van der Waals surface area contributed by atoms with Crippen molar-refractivity contribution < 1.29 is 4.79 Å². The molecule has 25 heavy (non-hydrogen) atoms. The van der Waals surface area contributed by atoms with Crippen LogP contribution in [0.25, 0.3) is 0 Å². The van der Waals surface area contributed by atoms with E-state index in [2.05, 4.69) is 32.5 Å². The van der Waals surface area contributed by atoms with Gasteiger partial charge in [-0.05, 0) is 28.0 Å². The number of carbonyl (C=O) groups excluding carboxylic acids is 1. The molecule has 0 bridgehead atoms. The lowest BCUT2D eigenvalue weighted by molar-refractivity contribution is -0.130. The lowest BCUT2D eigenvalue weighted by Gasteiger charge is -2.18. The summed E-state index contributed by atoms with van der Waals surface area (Å²) in [7, 11) is 3.56. The van der Waals surface area contributed by atoms with Gasteiger partial charge in [-0.15, -0.1) is 24.0 Å². The largest absolute Gasteiger partial charge is 0.356 e. The van der Waals surface area contributed by atoms with Crippen LogP contribution in [0.1, 0.15) is 17.5 Å². The molecule has 0 atom stereocenters. The predicted octanol–water partition coefficient (Wildman–Crippen LogP) is 3.08. The molecule has 2 aromatic rings. The second-order valence-corrected chi connectivity index (χ2v) is 6.25. The Morgan fingerprint density at radius 1 is 1.16 bits per heavy atom. The van der Waals surface area contributed by atoms with Crippen molar-refractivity contribution in [2.75, 3.05) is 20.6 Å². The van der Waals surface area contributed by atoms with E-state index in [-0.39, 0.29) is 29.9 Å². The number of aliphatic imine (C=N–C) groups is 1. The second kappa shape index (κ2) is 11.9. The topological polar surface area (TPSA) is 56.7 Å². The molecule has 0 saturated heterocycles. The van der Waals surface area contributed by atoms with Gasteiger partial charge in [0.1, 0.15) is 0 Å². The molecule has 0 aliphatic rings. The first-order chi connectivity index (χ1) is 11.7. The van der Waals surface area contributed by atoms with Crippen molar-refractivity contribution in [1.82, 2.24) is 15.5 Å². The van der Waals surface area contributed by atoms with E-state index in [1.807, 2.05) is 37.4 Å². The molecule has 2 N–H and O–H groups in total. The van der Waals surface area contributed by atoms with Crippen LogP contribution < -0.4 is 10.6 Å². The Morgan fingerprint density at radius 2 is 1.92 bits per heavy atom. The third-order valence-electron chi connectivity index (χ3n) is 3.58. The number of benzene rings is 1. The Hall–Kier alpha value is -1.61. The molecule has 0 spiro atoms. The zero-order chi connectivity index (χ0) is 17.2. The number of carbonyl (C=O) groups is 1. The van der Waals surface area contributed by atoms with Crippen LogP contribution in [-0.2, 0) is 17.9 Å². The molecule has 5 nitrogen and oxygen atoms in total. The fourth-order valence-electron chi connectivity index (χ4n) is 2.22. The number of rotatable bonds is 7. The van der Waals surface area contributed by atoms with Crippen LogP contribution in [0.15, 0.2) is 52.2 Å². The maximum Gasteiger partial charge on any atom is 0.224 e. The molecular formula is C18H25IN4OS. The van der Waals surface area contributed by atoms with Crippen molar-refractivity contribution in [2.24, 2.45) is 4.99 Å². The molecule has 7 heteroatoms. The van der Waals surface area contributed by atoms with Gasteiger partial charge in [0.2, 0.25) is 5.91 Å². The van der Waals surface area contributed by atoms with E-state index in [0.717, 1.165) is 12.1 Å². The number of thiophene rings is 1. The standard InChI is InChI=1S/C18H24N4OS.HI/c1-19-18(21-12-16-9-11-24-14-16)20-10-8-17(23)22(2)13-15-6-4-3-5-7-15;/h3-7,9,11,14H,8,10,12-13H2,1-2H3,(H2,19,20,21);1H. The lowest BCUT2D eigenvalue weighted by Crippen LogP contribution is -2.39. The van der Waals surface area contributed by atoms with Gasteiger partial charge in [0, 0.05) is 40.2 Å². The molecular weight excluding hydrogens is 447 g/mol. The maximum atomic E-state index is 12.2. The molecule has 0 saturated carbocycles. The van der Waals surface area contributed by atoms with Crippen molar-refractivity contribution in [3.05, 3.63) is 58.3 Å². The maximum absolute atomic E-state index is 12.2. The van der Waals surface area contributed by atoms with E-state index in [0.29, 0.717) is 25.5 Å². The van der Waals surface area contributed by atoms with Gasteiger partial charge in [0.05, 0.1) is 0 Å². The number of hydrogen-bond donors (Lipinski definition) is 2. The minimum atomic E-state index is 0. The highest BCUT2D eigenvalue weighted by Gasteiger charge is 2.09. The summed E-state index contributed by atoms with van der Waals surface area (Å²) in [6.45, 7) is 1.91. The average Bonchev–Trinajstić information content (AvgIpc) is 3.12. The normalized spacial score (nSPS) is 10.7. The van der Waals surface area contributed by atoms with Gasteiger partial charge in [0.15, 0.2) is 5.96 Å². The monoisotopic (exact) mass is 472 g/mol. The average molecular weight is 472 g/mol. The fraction of sp³-hybridized carbons (Fsp3) is 0.333. The highest BCUT2D eigenvalue weighted by atomic mass is 127. The molecule has 0 aliphatic carbocycles. The summed E-state index contributed by atoms with van der Waals surface area (Å²) >= 11 is 1.67. The van der Waals surface area contributed by atoms with E-state index >= 15 is 0 Å². The highest BCUT2D eigenvalue weighted by Crippen LogP contribution is 2.05. The van der Waals surface area contributed by atoms with Crippen molar-refractivity contribution in [2.45, 2.75) is 19.5 Å². The molecule has 1 amide bonds. The van der Waals surface area contributed by atoms with Gasteiger partial charge in [-0.2, -0.15) is 11.3 Å². The van der Waals surface area contributed by atoms with Crippen LogP contribution in [0.5, 0.6) is 0 Å². The predicted molar refractivity (Wildman–Crippen MR) is 115 cm³/mol. The second-order valence-electron chi connectivity index (χ2n) is 5.47. The molecule has 1 aromatic carbocycles. The number of nitrogens with zero attached hydrogens (tertiary/aromatic N) is 2. The van der Waals surface area contributed by atoms with E-state index in [9.17, 15) is 4.79 Å². The molecule has 0 aliphatic heterocycles. The summed E-state index contributed by atoms with van der Waals surface area (Å²) in [5, 5.41) is 10.6. The van der Waals surface area contributed by atoms with Gasteiger partial charge in [-0.3, -0.25) is 9.79 Å². The first kappa shape index (κ1) is 21.4. The van der Waals surface area contributed by atoms with Crippen LogP contribution >= 0.6 is 35.3 Å². The molecule has 0 fully saturated rings. The summed E-state index contributed by atoms with van der Waals surface area (Å²) in [6, 6.07) is 12.1. The van der Waals surface area contributed by atoms with E-state index in [4.69, 9.17) is 0 Å². The molecule has 1 heterocycles. The zero-order valence-electron chi connectivity index (χ0n) is 14.6. The number of guanidine groups is 1. The lowest BCUT2D eigenvalue weighted by atomic mass is 10.2. The van der Waals surface area contributed by atoms with Gasteiger partial charge >= 0.3 is 0 Å². The molecule has 0 radical (unpaired) electrons. The third kappa shape index (κ3) is 7.87. The van der Waals surface area contributed by atoms with Crippen molar-refractivity contribution in [3.8, 4) is 0 Å². The number of hydrogen-bond acceptors (Lipinski definition) is 3. The molecule has 136 valence electrons. The Morgan fingerprint density at radius 3 is 2.56 bits per heavy atom. The van der Waals surface area contributed by atoms with Crippen LogP contribution in [0.2, 0.25) is 0 Å². The summed E-state index contributed by atoms with van der Waals surface area (Å²) in [6.07, 6.45) is 0.433. The SMILES string of the molecule is CN=C(NCCC(=O)N(C)Cc1ccccc1)NCc1ccsc1.I. The van der Waals surface area contributed by atoms with Crippen LogP contribution in [-0.4, -0.2) is 37.4 Å². The first-order valence-electron chi connectivity index (χ1n) is 7.92. The zero-order valence-corrected chi connectivity index (χ0v) is 17.7. The summed E-state index contributed by atoms with van der Waals surface area (Å²) < 4.78 is 0. The van der Waals surface area contributed by atoms with Gasteiger partial charge < -0.3 is 15.5 Å². The minimum absolute atomic E-state index is 0. The van der Waals surface area contributed by atoms with E-state index in [1.165, 1.54) is 5.56 Å². The Balaban J connectivity index is 0.00000312. The third-order valence-corrected chi connectivity index (χ3v) is 4.32. The van der Waals surface area contributed by atoms with E-state index in [1.54, 1.807) is 23.3 Å². The van der Waals surface area contributed by atoms with Crippen LogP contribution in [0, 0.1) is 0 Å². The van der Waals surface area contributed by atoms with Crippen molar-refractivity contribution in [3.63, 3.8) is 0 Å². The number of halogens is 1. The van der Waals surface area contributed by atoms with Crippen LogP contribution in [0.3, 0.4) is 0 Å². The summed E-state index contributed by atoms with van der Waals surface area (Å²) in [5.41, 5.74) is 2.36. The minimum Gasteiger partial charge on any atom is -0.356 e. The molecule has 0 unspecified atom stereocenters. The number of nitrogens with one attached hydrogen (secondary N) is 2. The van der Waals surface area contributed by atoms with Crippen molar-refractivity contribution >= 4 is 47.2 Å².